The van der Waals surface area contributed by atoms with Crippen molar-refractivity contribution in [1.29, 1.82) is 0 Å². The normalized spacial score (nSPS) is 20.2. The van der Waals surface area contributed by atoms with Crippen molar-refractivity contribution in [2.24, 2.45) is 11.8 Å². The molecule has 0 saturated heterocycles. The number of carboxylic acids is 1. The number of nitrogens with zero attached hydrogens (tertiary/aromatic N) is 1. The van der Waals surface area contributed by atoms with Crippen LogP contribution in [0.3, 0.4) is 0 Å². The van der Waals surface area contributed by atoms with E-state index >= 15 is 0 Å². The third kappa shape index (κ3) is 3.16. The molecule has 1 saturated carbocycles. The van der Waals surface area contributed by atoms with E-state index in [2.05, 4.69) is 0 Å². The van der Waals surface area contributed by atoms with Crippen LogP contribution in [0.15, 0.2) is 40.3 Å². The van der Waals surface area contributed by atoms with Crippen molar-refractivity contribution in [2.75, 3.05) is 0 Å². The van der Waals surface area contributed by atoms with Crippen LogP contribution in [0.5, 0.6) is 0 Å². The molecule has 21 heavy (non-hydrogen) atoms. The maximum Gasteiger partial charge on any atom is 0.307 e. The summed E-state index contributed by atoms with van der Waals surface area (Å²) in [6, 6.07) is 7.50. The fraction of sp³-hybridized carbons (Fsp3) is 0.333. The van der Waals surface area contributed by atoms with E-state index in [1.165, 1.54) is 0 Å². The highest BCUT2D eigenvalue weighted by Gasteiger charge is 2.49. The third-order valence-electron chi connectivity index (χ3n) is 3.59. The molecule has 0 radical (unpaired) electrons. The summed E-state index contributed by atoms with van der Waals surface area (Å²) in [7, 11) is 0. The zero-order valence-electron chi connectivity index (χ0n) is 11.3. The highest BCUT2D eigenvalue weighted by atomic mass is 32.1. The second kappa shape index (κ2) is 5.73. The Bertz CT molecular complexity index is 584. The van der Waals surface area contributed by atoms with Gasteiger partial charge in [0, 0.05) is 4.88 Å². The van der Waals surface area contributed by atoms with Crippen LogP contribution in [-0.2, 0) is 22.7 Å². The summed E-state index contributed by atoms with van der Waals surface area (Å²) in [5.74, 6) is -1.21. The molecule has 6 heteroatoms. The predicted molar refractivity (Wildman–Crippen MR) is 76.5 cm³/mol. The zero-order valence-corrected chi connectivity index (χ0v) is 12.1. The van der Waals surface area contributed by atoms with Crippen LogP contribution < -0.4 is 0 Å². The van der Waals surface area contributed by atoms with Gasteiger partial charge in [-0.25, -0.2) is 0 Å². The molecule has 1 aliphatic rings. The van der Waals surface area contributed by atoms with Gasteiger partial charge >= 0.3 is 5.97 Å². The number of carbonyl (C=O) groups excluding carboxylic acids is 1. The van der Waals surface area contributed by atoms with Crippen molar-refractivity contribution >= 4 is 23.2 Å². The average Bonchev–Trinajstić information content (AvgIpc) is 2.85. The number of thiophene rings is 1. The SMILES string of the molecule is O=C(O)C1CC1C(=O)N(Cc1ccco1)Cc1cccs1. The molecule has 3 rings (SSSR count). The Balaban J connectivity index is 1.72. The summed E-state index contributed by atoms with van der Waals surface area (Å²) >= 11 is 1.58. The third-order valence-corrected chi connectivity index (χ3v) is 4.45. The van der Waals surface area contributed by atoms with Crippen molar-refractivity contribution in [3.05, 3.63) is 46.5 Å². The number of hydrogen-bond donors (Lipinski definition) is 1. The number of furan rings is 1. The predicted octanol–water partition coefficient (Wildman–Crippen LogP) is 2.59. The average molecular weight is 305 g/mol. The van der Waals surface area contributed by atoms with E-state index in [9.17, 15) is 9.59 Å². The molecule has 0 bridgehead atoms. The minimum atomic E-state index is -0.887. The number of amides is 1. The molecule has 0 aliphatic heterocycles. The van der Waals surface area contributed by atoms with Crippen LogP contribution in [0.2, 0.25) is 0 Å². The summed E-state index contributed by atoms with van der Waals surface area (Å²) in [4.78, 5) is 26.2. The van der Waals surface area contributed by atoms with Crippen LogP contribution in [0.4, 0.5) is 0 Å². The largest absolute Gasteiger partial charge is 0.481 e. The number of aliphatic carboxylic acids is 1. The number of hydrogen-bond acceptors (Lipinski definition) is 4. The fourth-order valence-electron chi connectivity index (χ4n) is 2.37. The summed E-state index contributed by atoms with van der Waals surface area (Å²) < 4.78 is 5.30. The van der Waals surface area contributed by atoms with Gasteiger partial charge in [-0.3, -0.25) is 9.59 Å². The van der Waals surface area contributed by atoms with E-state index in [4.69, 9.17) is 9.52 Å². The van der Waals surface area contributed by atoms with Gasteiger partial charge in [0.15, 0.2) is 0 Å². The molecule has 2 unspecified atom stereocenters. The summed E-state index contributed by atoms with van der Waals surface area (Å²) in [5.41, 5.74) is 0. The summed E-state index contributed by atoms with van der Waals surface area (Å²) in [6.07, 6.45) is 2.01. The lowest BCUT2D eigenvalue weighted by Gasteiger charge is -2.21. The summed E-state index contributed by atoms with van der Waals surface area (Å²) in [5, 5.41) is 10.9. The lowest BCUT2D eigenvalue weighted by Crippen LogP contribution is -2.32. The van der Waals surface area contributed by atoms with Gasteiger partial charge in [-0.15, -0.1) is 11.3 Å². The van der Waals surface area contributed by atoms with Crippen molar-refractivity contribution in [2.45, 2.75) is 19.5 Å². The molecule has 0 aromatic carbocycles. The summed E-state index contributed by atoms with van der Waals surface area (Å²) in [6.45, 7) is 0.854. The molecule has 2 heterocycles. The first-order valence-electron chi connectivity index (χ1n) is 6.71. The van der Waals surface area contributed by atoms with Gasteiger partial charge in [-0.1, -0.05) is 6.07 Å². The Kier molecular flexibility index (Phi) is 3.79. The van der Waals surface area contributed by atoms with Crippen LogP contribution in [0.1, 0.15) is 17.1 Å². The van der Waals surface area contributed by atoms with E-state index in [1.54, 1.807) is 28.6 Å². The van der Waals surface area contributed by atoms with Crippen LogP contribution in [0, 0.1) is 11.8 Å². The quantitative estimate of drug-likeness (QED) is 0.890. The second-order valence-electron chi connectivity index (χ2n) is 5.14. The molecule has 2 aromatic rings. The highest BCUT2D eigenvalue weighted by molar-refractivity contribution is 7.09. The van der Waals surface area contributed by atoms with Crippen LogP contribution in [-0.4, -0.2) is 21.9 Å². The molecule has 1 aliphatic carbocycles. The molecule has 1 N–H and O–H groups in total. The van der Waals surface area contributed by atoms with Crippen LogP contribution in [0.25, 0.3) is 0 Å². The lowest BCUT2D eigenvalue weighted by molar-refractivity contribution is -0.142. The first-order valence-corrected chi connectivity index (χ1v) is 7.59. The number of carboxylic acid groups (broad SMARTS) is 1. The van der Waals surface area contributed by atoms with Gasteiger partial charge in [0.25, 0.3) is 0 Å². The highest BCUT2D eigenvalue weighted by Crippen LogP contribution is 2.40. The molecular formula is C15H15NO4S. The van der Waals surface area contributed by atoms with Gasteiger partial charge in [0.1, 0.15) is 5.76 Å². The number of rotatable bonds is 6. The smallest absolute Gasteiger partial charge is 0.307 e. The van der Waals surface area contributed by atoms with E-state index < -0.39 is 17.8 Å². The Morgan fingerprint density at radius 1 is 1.29 bits per heavy atom. The molecule has 1 amide bonds. The standard InChI is InChI=1S/C15H15NO4S/c17-14(12-7-13(12)15(18)19)16(8-10-3-1-5-20-10)9-11-4-2-6-21-11/h1-6,12-13H,7-9H2,(H,18,19). The van der Waals surface area contributed by atoms with Gasteiger partial charge in [0.2, 0.25) is 5.91 Å². The Morgan fingerprint density at radius 2 is 2.14 bits per heavy atom. The Hall–Kier alpha value is -2.08. The Labute approximate surface area is 125 Å². The Morgan fingerprint density at radius 3 is 2.71 bits per heavy atom. The van der Waals surface area contributed by atoms with Gasteiger partial charge in [-0.2, -0.15) is 0 Å². The van der Waals surface area contributed by atoms with E-state index in [0.29, 0.717) is 25.3 Å². The molecule has 110 valence electrons. The minimum absolute atomic E-state index is 0.104. The van der Waals surface area contributed by atoms with Crippen molar-refractivity contribution in [3.63, 3.8) is 0 Å². The van der Waals surface area contributed by atoms with Crippen molar-refractivity contribution < 1.29 is 19.1 Å². The second-order valence-corrected chi connectivity index (χ2v) is 6.17. The first kappa shape index (κ1) is 13.9. The van der Waals surface area contributed by atoms with E-state index in [0.717, 1.165) is 4.88 Å². The lowest BCUT2D eigenvalue weighted by atomic mass is 10.2. The van der Waals surface area contributed by atoms with Crippen LogP contribution >= 0.6 is 11.3 Å². The van der Waals surface area contributed by atoms with E-state index in [1.807, 2.05) is 23.6 Å². The van der Waals surface area contributed by atoms with Gasteiger partial charge < -0.3 is 14.4 Å². The van der Waals surface area contributed by atoms with Crippen molar-refractivity contribution in [3.8, 4) is 0 Å². The van der Waals surface area contributed by atoms with Crippen molar-refractivity contribution in [1.82, 2.24) is 4.90 Å². The maximum atomic E-state index is 12.5. The maximum absolute atomic E-state index is 12.5. The molecule has 1 fully saturated rings. The zero-order chi connectivity index (χ0) is 14.8. The monoisotopic (exact) mass is 305 g/mol. The number of carbonyl (C=O) groups is 2. The van der Waals surface area contributed by atoms with E-state index in [-0.39, 0.29) is 5.91 Å². The molecule has 5 nitrogen and oxygen atoms in total. The molecule has 0 spiro atoms. The fourth-order valence-corrected chi connectivity index (χ4v) is 3.09. The molecular weight excluding hydrogens is 290 g/mol. The first-order chi connectivity index (χ1) is 10.1. The molecule has 2 atom stereocenters. The van der Waals surface area contributed by atoms with Gasteiger partial charge in [-0.05, 0) is 30.0 Å². The van der Waals surface area contributed by atoms with Gasteiger partial charge in [0.05, 0.1) is 31.2 Å². The molecule has 2 aromatic heterocycles. The minimum Gasteiger partial charge on any atom is -0.481 e. The topological polar surface area (TPSA) is 70.8 Å².